The van der Waals surface area contributed by atoms with E-state index in [1.54, 1.807) is 0 Å². The van der Waals surface area contributed by atoms with Crippen molar-refractivity contribution in [2.75, 3.05) is 0 Å². The Morgan fingerprint density at radius 2 is 2.05 bits per heavy atom. The largest absolute Gasteiger partial charge is 0.466 e. The number of carbonyl (C=O) groups excluding carboxylic acids is 1. The van der Waals surface area contributed by atoms with Crippen molar-refractivity contribution in [3.8, 4) is 0 Å². The zero-order valence-electron chi connectivity index (χ0n) is 12.4. The Morgan fingerprint density at radius 3 is 2.55 bits per heavy atom. The second kappa shape index (κ2) is 5.48. The monoisotopic (exact) mass is 276 g/mol. The lowest BCUT2D eigenvalue weighted by Crippen LogP contribution is -2.27. The Bertz CT molecular complexity index is 612. The van der Waals surface area contributed by atoms with E-state index in [0.29, 0.717) is 5.82 Å². The molecule has 6 heteroatoms. The average molecular weight is 276 g/mol. The molecule has 0 bridgehead atoms. The first-order chi connectivity index (χ1) is 9.38. The molecule has 0 saturated heterocycles. The standard InChI is InChI=1S/C14H20N4O2/c1-7(2)12-16-13(18-17-12)14(19)15-9(4)11-6-8(3)20-10(11)5/h6-7,9H,1-5H3,(H,15,19)(H,16,17,18). The molecule has 0 radical (unpaired) electrons. The van der Waals surface area contributed by atoms with E-state index in [2.05, 4.69) is 20.5 Å². The summed E-state index contributed by atoms with van der Waals surface area (Å²) in [7, 11) is 0. The van der Waals surface area contributed by atoms with Crippen LogP contribution < -0.4 is 5.32 Å². The van der Waals surface area contributed by atoms with E-state index in [-0.39, 0.29) is 23.7 Å². The van der Waals surface area contributed by atoms with Crippen molar-refractivity contribution in [3.63, 3.8) is 0 Å². The van der Waals surface area contributed by atoms with Gasteiger partial charge in [-0.15, -0.1) is 5.10 Å². The summed E-state index contributed by atoms with van der Waals surface area (Å²) >= 11 is 0. The van der Waals surface area contributed by atoms with Crippen molar-refractivity contribution >= 4 is 5.91 Å². The lowest BCUT2D eigenvalue weighted by molar-refractivity contribution is 0.0929. The number of hydrogen-bond donors (Lipinski definition) is 2. The van der Waals surface area contributed by atoms with Crippen LogP contribution in [0.4, 0.5) is 0 Å². The number of furan rings is 1. The Labute approximate surface area is 118 Å². The third kappa shape index (κ3) is 2.89. The van der Waals surface area contributed by atoms with Gasteiger partial charge in [0.2, 0.25) is 5.82 Å². The normalized spacial score (nSPS) is 12.7. The average Bonchev–Trinajstić information content (AvgIpc) is 2.95. The van der Waals surface area contributed by atoms with E-state index >= 15 is 0 Å². The fraction of sp³-hybridized carbons (Fsp3) is 0.500. The van der Waals surface area contributed by atoms with Crippen molar-refractivity contribution in [2.24, 2.45) is 0 Å². The summed E-state index contributed by atoms with van der Waals surface area (Å²) in [5, 5.41) is 9.59. The highest BCUT2D eigenvalue weighted by atomic mass is 16.3. The molecule has 1 unspecified atom stereocenters. The number of H-pyrrole nitrogens is 1. The molecule has 2 heterocycles. The quantitative estimate of drug-likeness (QED) is 0.899. The van der Waals surface area contributed by atoms with Crippen molar-refractivity contribution in [2.45, 2.75) is 46.6 Å². The van der Waals surface area contributed by atoms with Crippen LogP contribution in [0.3, 0.4) is 0 Å². The summed E-state index contributed by atoms with van der Waals surface area (Å²) in [5.74, 6) is 2.43. The fourth-order valence-electron chi connectivity index (χ4n) is 2.05. The molecular formula is C14H20N4O2. The summed E-state index contributed by atoms with van der Waals surface area (Å²) in [5.41, 5.74) is 0.968. The molecule has 0 fully saturated rings. The number of aromatic nitrogens is 3. The third-order valence-electron chi connectivity index (χ3n) is 3.15. The molecule has 1 atom stereocenters. The van der Waals surface area contributed by atoms with Gasteiger partial charge in [-0.3, -0.25) is 9.89 Å². The minimum atomic E-state index is -0.293. The fourth-order valence-corrected chi connectivity index (χ4v) is 2.05. The lowest BCUT2D eigenvalue weighted by Gasteiger charge is -2.11. The lowest BCUT2D eigenvalue weighted by atomic mass is 10.1. The summed E-state index contributed by atoms with van der Waals surface area (Å²) < 4.78 is 5.47. The molecular weight excluding hydrogens is 256 g/mol. The van der Waals surface area contributed by atoms with Gasteiger partial charge in [-0.2, -0.15) is 0 Å². The summed E-state index contributed by atoms with van der Waals surface area (Å²) in [6.45, 7) is 9.65. The Balaban J connectivity index is 2.08. The first kappa shape index (κ1) is 14.3. The minimum absolute atomic E-state index is 0.152. The molecule has 20 heavy (non-hydrogen) atoms. The minimum Gasteiger partial charge on any atom is -0.466 e. The van der Waals surface area contributed by atoms with Crippen LogP contribution in [0.15, 0.2) is 10.5 Å². The molecule has 2 rings (SSSR count). The SMILES string of the molecule is Cc1cc(C(C)NC(=O)c2n[nH]c(C(C)C)n2)c(C)o1. The van der Waals surface area contributed by atoms with Crippen LogP contribution in [0.5, 0.6) is 0 Å². The van der Waals surface area contributed by atoms with Gasteiger partial charge in [0.1, 0.15) is 17.3 Å². The maximum absolute atomic E-state index is 12.1. The first-order valence-electron chi connectivity index (χ1n) is 6.68. The van der Waals surface area contributed by atoms with Gasteiger partial charge >= 0.3 is 0 Å². The smallest absolute Gasteiger partial charge is 0.291 e. The number of aryl methyl sites for hydroxylation is 2. The number of amides is 1. The number of hydrogen-bond acceptors (Lipinski definition) is 4. The van der Waals surface area contributed by atoms with Gasteiger partial charge in [0.15, 0.2) is 0 Å². The number of nitrogens with one attached hydrogen (secondary N) is 2. The summed E-state index contributed by atoms with van der Waals surface area (Å²) in [4.78, 5) is 16.3. The highest BCUT2D eigenvalue weighted by molar-refractivity contribution is 5.90. The number of aromatic amines is 1. The van der Waals surface area contributed by atoms with E-state index in [1.165, 1.54) is 0 Å². The summed E-state index contributed by atoms with van der Waals surface area (Å²) in [6, 6.07) is 1.78. The molecule has 2 aromatic heterocycles. The predicted molar refractivity (Wildman–Crippen MR) is 74.5 cm³/mol. The molecule has 6 nitrogen and oxygen atoms in total. The Kier molecular flexibility index (Phi) is 3.92. The van der Waals surface area contributed by atoms with E-state index in [0.717, 1.165) is 17.1 Å². The van der Waals surface area contributed by atoms with E-state index in [4.69, 9.17) is 4.42 Å². The number of nitrogens with zero attached hydrogens (tertiary/aromatic N) is 2. The number of carbonyl (C=O) groups is 1. The second-order valence-corrected chi connectivity index (χ2v) is 5.26. The van der Waals surface area contributed by atoms with Crippen LogP contribution in [-0.4, -0.2) is 21.1 Å². The predicted octanol–water partition coefficient (Wildman–Crippen LogP) is 2.63. The third-order valence-corrected chi connectivity index (χ3v) is 3.15. The molecule has 0 aliphatic carbocycles. The topological polar surface area (TPSA) is 83.8 Å². The summed E-state index contributed by atoms with van der Waals surface area (Å²) in [6.07, 6.45) is 0. The zero-order chi connectivity index (χ0) is 14.9. The highest BCUT2D eigenvalue weighted by Gasteiger charge is 2.19. The van der Waals surface area contributed by atoms with Gasteiger partial charge in [-0.1, -0.05) is 13.8 Å². The number of rotatable bonds is 4. The molecule has 1 amide bonds. The van der Waals surface area contributed by atoms with Crippen LogP contribution >= 0.6 is 0 Å². The van der Waals surface area contributed by atoms with Crippen LogP contribution in [0.1, 0.15) is 66.3 Å². The van der Waals surface area contributed by atoms with E-state index in [9.17, 15) is 4.79 Å². The second-order valence-electron chi connectivity index (χ2n) is 5.26. The maximum Gasteiger partial charge on any atom is 0.291 e. The molecule has 108 valence electrons. The van der Waals surface area contributed by atoms with E-state index < -0.39 is 0 Å². The Morgan fingerprint density at radius 1 is 1.35 bits per heavy atom. The van der Waals surface area contributed by atoms with Crippen molar-refractivity contribution in [1.29, 1.82) is 0 Å². The zero-order valence-corrected chi connectivity index (χ0v) is 12.4. The molecule has 0 aromatic carbocycles. The highest BCUT2D eigenvalue weighted by Crippen LogP contribution is 2.21. The van der Waals surface area contributed by atoms with Crippen molar-refractivity contribution < 1.29 is 9.21 Å². The maximum atomic E-state index is 12.1. The molecule has 0 aliphatic rings. The molecule has 2 aromatic rings. The van der Waals surface area contributed by atoms with E-state index in [1.807, 2.05) is 40.7 Å². The van der Waals surface area contributed by atoms with Crippen molar-refractivity contribution in [3.05, 3.63) is 34.8 Å². The van der Waals surface area contributed by atoms with Gasteiger partial charge in [-0.25, -0.2) is 4.98 Å². The van der Waals surface area contributed by atoms with Gasteiger partial charge in [0.05, 0.1) is 6.04 Å². The van der Waals surface area contributed by atoms with Crippen LogP contribution in [0.2, 0.25) is 0 Å². The molecule has 0 spiro atoms. The van der Waals surface area contributed by atoms with Crippen LogP contribution in [0.25, 0.3) is 0 Å². The molecule has 0 saturated carbocycles. The van der Waals surface area contributed by atoms with Gasteiger partial charge in [0, 0.05) is 11.5 Å². The molecule has 0 aliphatic heterocycles. The first-order valence-corrected chi connectivity index (χ1v) is 6.68. The van der Waals surface area contributed by atoms with Crippen molar-refractivity contribution in [1.82, 2.24) is 20.5 Å². The Hall–Kier alpha value is -2.11. The molecule has 2 N–H and O–H groups in total. The van der Waals surface area contributed by atoms with Crippen LogP contribution in [-0.2, 0) is 0 Å². The van der Waals surface area contributed by atoms with Crippen LogP contribution in [0, 0.1) is 13.8 Å². The van der Waals surface area contributed by atoms with Gasteiger partial charge in [-0.05, 0) is 26.8 Å². The van der Waals surface area contributed by atoms with Gasteiger partial charge < -0.3 is 9.73 Å². The van der Waals surface area contributed by atoms with Gasteiger partial charge in [0.25, 0.3) is 5.91 Å².